The van der Waals surface area contributed by atoms with Crippen LogP contribution in [0.4, 0.5) is 10.5 Å². The van der Waals surface area contributed by atoms with E-state index in [-0.39, 0.29) is 6.03 Å². The Morgan fingerprint density at radius 2 is 2.04 bits per heavy atom. The Labute approximate surface area is 143 Å². The highest BCUT2D eigenvalue weighted by Gasteiger charge is 2.25. The molecule has 0 unspecified atom stereocenters. The van der Waals surface area contributed by atoms with Crippen LogP contribution in [0, 0.1) is 0 Å². The van der Waals surface area contributed by atoms with Gasteiger partial charge >= 0.3 is 6.03 Å². The minimum Gasteiger partial charge on any atom is -0.325 e. The molecule has 2 aromatic rings. The number of carbonyl (C=O) groups excluding carboxylic acids is 1. The van der Waals surface area contributed by atoms with Gasteiger partial charge in [-0.05, 0) is 37.9 Å². The lowest BCUT2D eigenvalue weighted by Crippen LogP contribution is -2.47. The van der Waals surface area contributed by atoms with Gasteiger partial charge in [0.25, 0.3) is 0 Å². The lowest BCUT2D eigenvalue weighted by Gasteiger charge is -2.36. The van der Waals surface area contributed by atoms with Gasteiger partial charge in [-0.2, -0.15) is 0 Å². The molecule has 2 heterocycles. The SMILES string of the molecule is CCCN1CCC(N(C)C(=O)Nc2cccc3cccnc23)CC1. The van der Waals surface area contributed by atoms with Gasteiger partial charge in [0.15, 0.2) is 0 Å². The van der Waals surface area contributed by atoms with Gasteiger partial charge in [-0.15, -0.1) is 0 Å². The van der Waals surface area contributed by atoms with E-state index >= 15 is 0 Å². The highest BCUT2D eigenvalue weighted by Crippen LogP contribution is 2.22. The van der Waals surface area contributed by atoms with Crippen molar-refractivity contribution in [3.63, 3.8) is 0 Å². The molecule has 0 atom stereocenters. The summed E-state index contributed by atoms with van der Waals surface area (Å²) in [5.74, 6) is 0. The van der Waals surface area contributed by atoms with Crippen LogP contribution in [0.25, 0.3) is 10.9 Å². The number of urea groups is 1. The number of nitrogens with one attached hydrogen (secondary N) is 1. The Kier molecular flexibility index (Phi) is 5.30. The number of fused-ring (bicyclic) bond motifs is 1. The normalized spacial score (nSPS) is 16.2. The Morgan fingerprint density at radius 3 is 2.79 bits per heavy atom. The molecule has 1 N–H and O–H groups in total. The highest BCUT2D eigenvalue weighted by molar-refractivity contribution is 5.99. The second-order valence-corrected chi connectivity index (χ2v) is 6.49. The van der Waals surface area contributed by atoms with E-state index in [1.165, 1.54) is 6.42 Å². The second kappa shape index (κ2) is 7.62. The van der Waals surface area contributed by atoms with Crippen molar-refractivity contribution in [2.75, 3.05) is 32.0 Å². The fraction of sp³-hybridized carbons (Fsp3) is 0.474. The standard InChI is InChI=1S/C19H26N4O/c1-3-12-23-13-9-16(10-14-23)22(2)19(24)21-17-8-4-6-15-7-5-11-20-18(15)17/h4-8,11,16H,3,9-10,12-14H2,1-2H3,(H,21,24). The smallest absolute Gasteiger partial charge is 0.321 e. The van der Waals surface area contributed by atoms with Crippen LogP contribution in [0.3, 0.4) is 0 Å². The fourth-order valence-corrected chi connectivity index (χ4v) is 3.42. The molecule has 1 aliphatic rings. The van der Waals surface area contributed by atoms with E-state index in [9.17, 15) is 4.79 Å². The van der Waals surface area contributed by atoms with Gasteiger partial charge < -0.3 is 15.1 Å². The van der Waals surface area contributed by atoms with Gasteiger partial charge in [0.2, 0.25) is 0 Å². The maximum atomic E-state index is 12.6. The zero-order valence-corrected chi connectivity index (χ0v) is 14.5. The molecule has 3 rings (SSSR count). The van der Waals surface area contributed by atoms with Crippen LogP contribution in [0.5, 0.6) is 0 Å². The molecule has 1 aliphatic heterocycles. The minimum atomic E-state index is -0.0536. The number of rotatable bonds is 4. The third-order valence-corrected chi connectivity index (χ3v) is 4.84. The number of amides is 2. The van der Waals surface area contributed by atoms with Gasteiger partial charge in [-0.1, -0.05) is 25.1 Å². The van der Waals surface area contributed by atoms with E-state index in [1.807, 2.05) is 42.3 Å². The fourth-order valence-electron chi connectivity index (χ4n) is 3.42. The molecule has 24 heavy (non-hydrogen) atoms. The first-order chi connectivity index (χ1) is 11.7. The predicted octanol–water partition coefficient (Wildman–Crippen LogP) is 3.57. The molecule has 1 aromatic carbocycles. The molecule has 128 valence electrons. The summed E-state index contributed by atoms with van der Waals surface area (Å²) < 4.78 is 0. The van der Waals surface area contributed by atoms with Gasteiger partial charge in [0.05, 0.1) is 11.2 Å². The molecule has 1 fully saturated rings. The second-order valence-electron chi connectivity index (χ2n) is 6.49. The average Bonchev–Trinajstić information content (AvgIpc) is 2.62. The number of hydrogen-bond acceptors (Lipinski definition) is 3. The van der Waals surface area contributed by atoms with Crippen molar-refractivity contribution < 1.29 is 4.79 Å². The summed E-state index contributed by atoms with van der Waals surface area (Å²) >= 11 is 0. The summed E-state index contributed by atoms with van der Waals surface area (Å²) in [7, 11) is 1.90. The largest absolute Gasteiger partial charge is 0.325 e. The molecule has 0 saturated carbocycles. The van der Waals surface area contributed by atoms with Crippen LogP contribution < -0.4 is 5.32 Å². The first-order valence-electron chi connectivity index (χ1n) is 8.79. The molecule has 1 saturated heterocycles. The summed E-state index contributed by atoms with van der Waals surface area (Å²) in [5, 5.41) is 4.06. The lowest BCUT2D eigenvalue weighted by molar-refractivity contribution is 0.141. The van der Waals surface area contributed by atoms with E-state index in [4.69, 9.17) is 0 Å². The number of pyridine rings is 1. The van der Waals surface area contributed by atoms with Crippen LogP contribution in [-0.4, -0.2) is 53.5 Å². The Balaban J connectivity index is 1.64. The van der Waals surface area contributed by atoms with Crippen molar-refractivity contribution in [1.82, 2.24) is 14.8 Å². The molecule has 5 nitrogen and oxygen atoms in total. The van der Waals surface area contributed by atoms with Crippen LogP contribution in [0.15, 0.2) is 36.5 Å². The van der Waals surface area contributed by atoms with Gasteiger partial charge in [0, 0.05) is 37.8 Å². The van der Waals surface area contributed by atoms with Gasteiger partial charge in [0.1, 0.15) is 0 Å². The number of likely N-dealkylation sites (tertiary alicyclic amines) is 1. The highest BCUT2D eigenvalue weighted by atomic mass is 16.2. The number of carbonyl (C=O) groups is 1. The molecule has 0 aliphatic carbocycles. The molecule has 1 aromatic heterocycles. The summed E-state index contributed by atoms with van der Waals surface area (Å²) in [6.45, 7) is 5.52. The summed E-state index contributed by atoms with van der Waals surface area (Å²) in [4.78, 5) is 21.4. The lowest BCUT2D eigenvalue weighted by atomic mass is 10.0. The number of para-hydroxylation sites is 1. The van der Waals surface area contributed by atoms with E-state index in [1.54, 1.807) is 6.20 Å². The first kappa shape index (κ1) is 16.7. The molecular weight excluding hydrogens is 300 g/mol. The number of anilines is 1. The molecule has 5 heteroatoms. The topological polar surface area (TPSA) is 48.5 Å². The monoisotopic (exact) mass is 326 g/mol. The van der Waals surface area contributed by atoms with E-state index in [0.29, 0.717) is 6.04 Å². The van der Waals surface area contributed by atoms with Crippen molar-refractivity contribution in [3.8, 4) is 0 Å². The minimum absolute atomic E-state index is 0.0536. The third-order valence-electron chi connectivity index (χ3n) is 4.84. The summed E-state index contributed by atoms with van der Waals surface area (Å²) in [5.41, 5.74) is 1.60. The van der Waals surface area contributed by atoms with Crippen molar-refractivity contribution in [3.05, 3.63) is 36.5 Å². The maximum Gasteiger partial charge on any atom is 0.321 e. The number of piperidine rings is 1. The van der Waals surface area contributed by atoms with Crippen LogP contribution >= 0.6 is 0 Å². The Hall–Kier alpha value is -2.14. The van der Waals surface area contributed by atoms with Gasteiger partial charge in [-0.25, -0.2) is 4.79 Å². The van der Waals surface area contributed by atoms with Crippen molar-refractivity contribution >= 4 is 22.6 Å². The zero-order chi connectivity index (χ0) is 16.9. The number of nitrogens with zero attached hydrogens (tertiary/aromatic N) is 3. The van der Waals surface area contributed by atoms with Crippen molar-refractivity contribution in [2.24, 2.45) is 0 Å². The van der Waals surface area contributed by atoms with Crippen LogP contribution in [-0.2, 0) is 0 Å². The molecule has 0 radical (unpaired) electrons. The number of hydrogen-bond donors (Lipinski definition) is 1. The van der Waals surface area contributed by atoms with Gasteiger partial charge in [-0.3, -0.25) is 4.98 Å². The Morgan fingerprint density at radius 1 is 1.29 bits per heavy atom. The quantitative estimate of drug-likeness (QED) is 0.934. The number of aromatic nitrogens is 1. The number of benzene rings is 1. The van der Waals surface area contributed by atoms with E-state index < -0.39 is 0 Å². The summed E-state index contributed by atoms with van der Waals surface area (Å²) in [6.07, 6.45) is 5.02. The Bertz CT molecular complexity index is 689. The third kappa shape index (κ3) is 3.67. The van der Waals surface area contributed by atoms with Crippen LogP contribution in [0.2, 0.25) is 0 Å². The zero-order valence-electron chi connectivity index (χ0n) is 14.5. The summed E-state index contributed by atoms with van der Waals surface area (Å²) in [6, 6.07) is 10.0. The molecule has 2 amide bonds. The average molecular weight is 326 g/mol. The molecule has 0 spiro atoms. The van der Waals surface area contributed by atoms with E-state index in [0.717, 1.165) is 49.1 Å². The van der Waals surface area contributed by atoms with Crippen molar-refractivity contribution in [2.45, 2.75) is 32.2 Å². The molecule has 0 bridgehead atoms. The first-order valence-corrected chi connectivity index (χ1v) is 8.79. The predicted molar refractivity (Wildman–Crippen MR) is 98.3 cm³/mol. The van der Waals surface area contributed by atoms with Crippen molar-refractivity contribution in [1.29, 1.82) is 0 Å². The van der Waals surface area contributed by atoms with Crippen LogP contribution in [0.1, 0.15) is 26.2 Å². The maximum absolute atomic E-state index is 12.6. The molecular formula is C19H26N4O. The van der Waals surface area contributed by atoms with E-state index in [2.05, 4.69) is 22.1 Å².